The molecule has 1 unspecified atom stereocenters. The molecule has 0 fully saturated rings. The molecule has 0 bridgehead atoms. The molecule has 0 spiro atoms. The van der Waals surface area contributed by atoms with Gasteiger partial charge in [-0.2, -0.15) is 0 Å². The second-order valence-corrected chi connectivity index (χ2v) is 5.61. The Kier molecular flexibility index (Phi) is 3.94. The van der Waals surface area contributed by atoms with Gasteiger partial charge in [0.05, 0.1) is 0 Å². The van der Waals surface area contributed by atoms with Crippen molar-refractivity contribution in [3.63, 3.8) is 0 Å². The first-order valence-corrected chi connectivity index (χ1v) is 6.87. The van der Waals surface area contributed by atoms with E-state index in [1.165, 1.54) is 33.5 Å². The monoisotopic (exact) mass is 253 g/mol. The Labute approximate surface area is 116 Å². The molecular formula is C18H23N. The Morgan fingerprint density at radius 1 is 0.789 bits per heavy atom. The summed E-state index contributed by atoms with van der Waals surface area (Å²) in [5.74, 6) is 0. The molecule has 100 valence electrons. The van der Waals surface area contributed by atoms with Gasteiger partial charge >= 0.3 is 0 Å². The van der Waals surface area contributed by atoms with Crippen LogP contribution in [0.3, 0.4) is 0 Å². The van der Waals surface area contributed by atoms with Gasteiger partial charge in [0.1, 0.15) is 0 Å². The molecule has 1 atom stereocenters. The van der Waals surface area contributed by atoms with E-state index in [2.05, 4.69) is 76.3 Å². The second-order valence-electron chi connectivity index (χ2n) is 5.61. The number of hydrogen-bond acceptors (Lipinski definition) is 1. The van der Waals surface area contributed by atoms with Crippen LogP contribution in [0.15, 0.2) is 36.4 Å². The van der Waals surface area contributed by atoms with Crippen molar-refractivity contribution in [2.75, 3.05) is 5.32 Å². The molecule has 0 aliphatic heterocycles. The highest BCUT2D eigenvalue weighted by atomic mass is 14.9. The molecule has 2 aromatic carbocycles. The van der Waals surface area contributed by atoms with Gasteiger partial charge in [0.15, 0.2) is 0 Å². The lowest BCUT2D eigenvalue weighted by Gasteiger charge is -2.19. The largest absolute Gasteiger partial charge is 0.378 e. The van der Waals surface area contributed by atoms with Crippen molar-refractivity contribution in [1.82, 2.24) is 0 Å². The number of rotatable bonds is 3. The second kappa shape index (κ2) is 5.48. The normalized spacial score (nSPS) is 12.3. The van der Waals surface area contributed by atoms with E-state index in [0.29, 0.717) is 6.04 Å². The van der Waals surface area contributed by atoms with E-state index < -0.39 is 0 Å². The van der Waals surface area contributed by atoms with Crippen LogP contribution < -0.4 is 5.32 Å². The molecule has 0 saturated heterocycles. The van der Waals surface area contributed by atoms with E-state index in [4.69, 9.17) is 0 Å². The van der Waals surface area contributed by atoms with Gasteiger partial charge in [0.25, 0.3) is 0 Å². The minimum Gasteiger partial charge on any atom is -0.378 e. The summed E-state index contributed by atoms with van der Waals surface area (Å²) in [7, 11) is 0. The molecule has 0 aromatic heterocycles. The molecule has 0 radical (unpaired) electrons. The Bertz CT molecular complexity index is 564. The molecule has 1 N–H and O–H groups in total. The molecule has 0 saturated carbocycles. The van der Waals surface area contributed by atoms with Gasteiger partial charge in [-0.15, -0.1) is 0 Å². The van der Waals surface area contributed by atoms with Crippen LogP contribution in [0.1, 0.15) is 40.8 Å². The molecular weight excluding hydrogens is 230 g/mol. The minimum absolute atomic E-state index is 0.319. The summed E-state index contributed by atoms with van der Waals surface area (Å²) in [4.78, 5) is 0. The van der Waals surface area contributed by atoms with Crippen molar-refractivity contribution >= 4 is 5.69 Å². The van der Waals surface area contributed by atoms with Gasteiger partial charge in [0.2, 0.25) is 0 Å². The van der Waals surface area contributed by atoms with Crippen molar-refractivity contribution in [2.24, 2.45) is 0 Å². The molecule has 1 heteroatoms. The maximum absolute atomic E-state index is 3.62. The summed E-state index contributed by atoms with van der Waals surface area (Å²) in [6, 6.07) is 13.6. The SMILES string of the molecule is Cc1cc(C)cc(C(C)Nc2cc(C)ccc2C)c1. The fourth-order valence-corrected chi connectivity index (χ4v) is 2.47. The van der Waals surface area contributed by atoms with Crippen LogP contribution in [-0.4, -0.2) is 0 Å². The Morgan fingerprint density at radius 3 is 2.05 bits per heavy atom. The van der Waals surface area contributed by atoms with E-state index in [1.54, 1.807) is 0 Å². The first kappa shape index (κ1) is 13.7. The first-order chi connectivity index (χ1) is 8.95. The summed E-state index contributed by atoms with van der Waals surface area (Å²) >= 11 is 0. The quantitative estimate of drug-likeness (QED) is 0.803. The van der Waals surface area contributed by atoms with E-state index in [1.807, 2.05) is 0 Å². The van der Waals surface area contributed by atoms with Gasteiger partial charge in [-0.25, -0.2) is 0 Å². The van der Waals surface area contributed by atoms with Gasteiger partial charge in [-0.1, -0.05) is 41.5 Å². The lowest BCUT2D eigenvalue weighted by Crippen LogP contribution is -2.08. The maximum Gasteiger partial charge on any atom is 0.0485 e. The first-order valence-electron chi connectivity index (χ1n) is 6.87. The molecule has 19 heavy (non-hydrogen) atoms. The molecule has 0 aliphatic carbocycles. The summed E-state index contributed by atoms with van der Waals surface area (Å²) < 4.78 is 0. The zero-order valence-electron chi connectivity index (χ0n) is 12.5. The Morgan fingerprint density at radius 2 is 1.42 bits per heavy atom. The fourth-order valence-electron chi connectivity index (χ4n) is 2.47. The Balaban J connectivity index is 2.25. The molecule has 2 aromatic rings. The molecule has 1 nitrogen and oxygen atoms in total. The molecule has 0 heterocycles. The summed E-state index contributed by atoms with van der Waals surface area (Å²) in [6.45, 7) is 10.8. The van der Waals surface area contributed by atoms with Crippen LogP contribution in [-0.2, 0) is 0 Å². The highest BCUT2D eigenvalue weighted by Crippen LogP contribution is 2.24. The Hall–Kier alpha value is -1.76. The van der Waals surface area contributed by atoms with Gasteiger partial charge in [-0.05, 0) is 57.4 Å². The van der Waals surface area contributed by atoms with Crippen LogP contribution in [0.2, 0.25) is 0 Å². The minimum atomic E-state index is 0.319. The average molecular weight is 253 g/mol. The number of aryl methyl sites for hydroxylation is 4. The van der Waals surface area contributed by atoms with Crippen molar-refractivity contribution in [3.8, 4) is 0 Å². The van der Waals surface area contributed by atoms with E-state index in [9.17, 15) is 0 Å². The van der Waals surface area contributed by atoms with Crippen LogP contribution >= 0.6 is 0 Å². The van der Waals surface area contributed by atoms with E-state index in [-0.39, 0.29) is 0 Å². The predicted molar refractivity (Wildman–Crippen MR) is 83.9 cm³/mol. The fraction of sp³-hybridized carbons (Fsp3) is 0.333. The van der Waals surface area contributed by atoms with E-state index >= 15 is 0 Å². The van der Waals surface area contributed by atoms with E-state index in [0.717, 1.165) is 0 Å². The lowest BCUT2D eigenvalue weighted by atomic mass is 10.0. The average Bonchev–Trinajstić information content (AvgIpc) is 2.32. The smallest absolute Gasteiger partial charge is 0.0485 e. The zero-order chi connectivity index (χ0) is 14.0. The number of benzene rings is 2. The third-order valence-electron chi connectivity index (χ3n) is 3.51. The molecule has 2 rings (SSSR count). The summed E-state index contributed by atoms with van der Waals surface area (Å²) in [6.07, 6.45) is 0. The van der Waals surface area contributed by atoms with Gasteiger partial charge < -0.3 is 5.32 Å². The number of nitrogens with one attached hydrogen (secondary N) is 1. The van der Waals surface area contributed by atoms with Crippen LogP contribution in [0.4, 0.5) is 5.69 Å². The van der Waals surface area contributed by atoms with Crippen molar-refractivity contribution in [1.29, 1.82) is 0 Å². The van der Waals surface area contributed by atoms with Crippen LogP contribution in [0.5, 0.6) is 0 Å². The summed E-state index contributed by atoms with van der Waals surface area (Å²) in [5.41, 5.74) is 7.81. The van der Waals surface area contributed by atoms with Crippen LogP contribution in [0.25, 0.3) is 0 Å². The third kappa shape index (κ3) is 3.37. The lowest BCUT2D eigenvalue weighted by molar-refractivity contribution is 0.878. The van der Waals surface area contributed by atoms with Gasteiger partial charge in [-0.3, -0.25) is 0 Å². The standard InChI is InChI=1S/C18H23N/c1-12-6-7-15(4)18(11-12)19-16(5)17-9-13(2)8-14(3)10-17/h6-11,16,19H,1-5H3. The molecule has 0 amide bonds. The van der Waals surface area contributed by atoms with Crippen molar-refractivity contribution < 1.29 is 0 Å². The third-order valence-corrected chi connectivity index (χ3v) is 3.51. The van der Waals surface area contributed by atoms with Crippen molar-refractivity contribution in [3.05, 3.63) is 64.2 Å². The number of anilines is 1. The zero-order valence-corrected chi connectivity index (χ0v) is 12.5. The summed E-state index contributed by atoms with van der Waals surface area (Å²) in [5, 5.41) is 3.62. The topological polar surface area (TPSA) is 12.0 Å². The number of hydrogen-bond donors (Lipinski definition) is 1. The van der Waals surface area contributed by atoms with Crippen LogP contribution in [0, 0.1) is 27.7 Å². The molecule has 0 aliphatic rings. The predicted octanol–water partition coefficient (Wildman–Crippen LogP) is 5.09. The van der Waals surface area contributed by atoms with Gasteiger partial charge in [0, 0.05) is 11.7 Å². The highest BCUT2D eigenvalue weighted by molar-refractivity contribution is 5.54. The maximum atomic E-state index is 3.62. The highest BCUT2D eigenvalue weighted by Gasteiger charge is 2.08. The van der Waals surface area contributed by atoms with Crippen molar-refractivity contribution in [2.45, 2.75) is 40.7 Å².